The van der Waals surface area contributed by atoms with Crippen molar-refractivity contribution in [3.63, 3.8) is 0 Å². The van der Waals surface area contributed by atoms with Gasteiger partial charge in [0.1, 0.15) is 5.60 Å². The first-order chi connectivity index (χ1) is 10.7. The number of hydrogen-bond acceptors (Lipinski definition) is 5. The molecule has 6 heteroatoms. The van der Waals surface area contributed by atoms with Crippen LogP contribution in [0.2, 0.25) is 0 Å². The highest BCUT2D eigenvalue weighted by atomic mass is 16.6. The van der Waals surface area contributed by atoms with Crippen LogP contribution in [-0.2, 0) is 14.3 Å². The van der Waals surface area contributed by atoms with E-state index < -0.39 is 11.7 Å². The largest absolute Gasteiger partial charge is 0.465 e. The molecule has 1 aliphatic rings. The zero-order chi connectivity index (χ0) is 17.5. The van der Waals surface area contributed by atoms with Crippen LogP contribution in [0.1, 0.15) is 53.9 Å². The van der Waals surface area contributed by atoms with Crippen molar-refractivity contribution in [3.8, 4) is 0 Å². The summed E-state index contributed by atoms with van der Waals surface area (Å²) in [6.45, 7) is 11.7. The fourth-order valence-corrected chi connectivity index (χ4v) is 3.02. The van der Waals surface area contributed by atoms with Crippen molar-refractivity contribution in [2.24, 2.45) is 5.92 Å². The monoisotopic (exact) mass is 328 g/mol. The van der Waals surface area contributed by atoms with Gasteiger partial charge in [0.15, 0.2) is 0 Å². The SMILES string of the molecule is CCCC1CC(NC(=O)OC(C)(C)C)CN(CC(=O)OCC)C1. The number of rotatable bonds is 6. The normalized spacial score (nSPS) is 22.5. The number of likely N-dealkylation sites (tertiary alicyclic amines) is 1. The molecule has 0 saturated carbocycles. The lowest BCUT2D eigenvalue weighted by atomic mass is 9.90. The van der Waals surface area contributed by atoms with Gasteiger partial charge in [-0.15, -0.1) is 0 Å². The summed E-state index contributed by atoms with van der Waals surface area (Å²) in [6.07, 6.45) is 2.71. The number of ether oxygens (including phenoxy) is 2. The lowest BCUT2D eigenvalue weighted by Gasteiger charge is -2.37. The molecule has 1 N–H and O–H groups in total. The number of carbonyl (C=O) groups is 2. The molecule has 6 nitrogen and oxygen atoms in total. The van der Waals surface area contributed by atoms with Crippen molar-refractivity contribution >= 4 is 12.1 Å². The molecule has 1 aliphatic heterocycles. The number of carbonyl (C=O) groups excluding carboxylic acids is 2. The van der Waals surface area contributed by atoms with Gasteiger partial charge in [-0.2, -0.15) is 0 Å². The number of piperidine rings is 1. The molecule has 0 aromatic carbocycles. The minimum atomic E-state index is -0.508. The van der Waals surface area contributed by atoms with Gasteiger partial charge in [0.2, 0.25) is 0 Å². The van der Waals surface area contributed by atoms with Crippen LogP contribution in [0.3, 0.4) is 0 Å². The summed E-state index contributed by atoms with van der Waals surface area (Å²) in [4.78, 5) is 25.8. The molecule has 2 unspecified atom stereocenters. The zero-order valence-corrected chi connectivity index (χ0v) is 15.2. The van der Waals surface area contributed by atoms with E-state index >= 15 is 0 Å². The van der Waals surface area contributed by atoms with Crippen molar-refractivity contribution in [1.82, 2.24) is 10.2 Å². The molecule has 23 heavy (non-hydrogen) atoms. The smallest absolute Gasteiger partial charge is 0.407 e. The summed E-state index contributed by atoms with van der Waals surface area (Å²) in [5.74, 6) is 0.267. The van der Waals surface area contributed by atoms with Crippen LogP contribution in [0.5, 0.6) is 0 Å². The molecule has 0 bridgehead atoms. The summed E-state index contributed by atoms with van der Waals surface area (Å²) in [5, 5.41) is 2.94. The fraction of sp³-hybridized carbons (Fsp3) is 0.882. The van der Waals surface area contributed by atoms with Crippen LogP contribution in [0.25, 0.3) is 0 Å². The second-order valence-corrected chi connectivity index (χ2v) is 7.23. The summed E-state index contributed by atoms with van der Waals surface area (Å²) in [5.41, 5.74) is -0.508. The zero-order valence-electron chi connectivity index (χ0n) is 15.2. The van der Waals surface area contributed by atoms with Crippen LogP contribution in [-0.4, -0.2) is 54.8 Å². The van der Waals surface area contributed by atoms with Crippen molar-refractivity contribution < 1.29 is 19.1 Å². The standard InChI is InChI=1S/C17H32N2O4/c1-6-8-13-9-14(18-16(21)23-17(3,4)5)11-19(10-13)12-15(20)22-7-2/h13-14H,6-12H2,1-5H3,(H,18,21). The van der Waals surface area contributed by atoms with Crippen LogP contribution in [0.15, 0.2) is 0 Å². The van der Waals surface area contributed by atoms with E-state index in [1.165, 1.54) is 0 Å². The maximum absolute atomic E-state index is 12.0. The van der Waals surface area contributed by atoms with Gasteiger partial charge < -0.3 is 14.8 Å². The summed E-state index contributed by atoms with van der Waals surface area (Å²) in [7, 11) is 0. The van der Waals surface area contributed by atoms with E-state index in [2.05, 4.69) is 17.1 Å². The highest BCUT2D eigenvalue weighted by molar-refractivity contribution is 5.71. The van der Waals surface area contributed by atoms with Crippen LogP contribution in [0.4, 0.5) is 4.79 Å². The van der Waals surface area contributed by atoms with Crippen molar-refractivity contribution in [2.75, 3.05) is 26.2 Å². The minimum Gasteiger partial charge on any atom is -0.465 e. The molecule has 2 atom stereocenters. The van der Waals surface area contributed by atoms with Crippen molar-refractivity contribution in [2.45, 2.75) is 65.5 Å². The van der Waals surface area contributed by atoms with E-state index in [9.17, 15) is 9.59 Å². The van der Waals surface area contributed by atoms with Gasteiger partial charge in [-0.1, -0.05) is 13.3 Å². The molecule has 134 valence electrons. The Bertz CT molecular complexity index is 393. The number of esters is 1. The first kappa shape index (κ1) is 19.7. The first-order valence-corrected chi connectivity index (χ1v) is 8.61. The summed E-state index contributed by atoms with van der Waals surface area (Å²) in [6, 6.07) is 0.00424. The van der Waals surface area contributed by atoms with Gasteiger partial charge in [0.25, 0.3) is 0 Å². The molecule has 0 radical (unpaired) electrons. The van der Waals surface area contributed by atoms with Gasteiger partial charge in [-0.25, -0.2) is 4.79 Å². The molecule has 1 heterocycles. The Kier molecular flexibility index (Phi) is 7.82. The summed E-state index contributed by atoms with van der Waals surface area (Å²) >= 11 is 0. The molecule has 1 amide bonds. The Morgan fingerprint density at radius 2 is 1.91 bits per heavy atom. The molecule has 1 saturated heterocycles. The number of nitrogens with zero attached hydrogens (tertiary/aromatic N) is 1. The van der Waals surface area contributed by atoms with Gasteiger partial charge in [-0.05, 0) is 46.5 Å². The average molecular weight is 328 g/mol. The van der Waals surface area contributed by atoms with Crippen LogP contribution in [0, 0.1) is 5.92 Å². The van der Waals surface area contributed by atoms with Crippen LogP contribution < -0.4 is 5.32 Å². The molecular weight excluding hydrogens is 296 g/mol. The third-order valence-electron chi connectivity index (χ3n) is 3.69. The minimum absolute atomic E-state index is 0.00424. The predicted octanol–water partition coefficient (Wildman–Crippen LogP) is 2.56. The summed E-state index contributed by atoms with van der Waals surface area (Å²) < 4.78 is 10.4. The third kappa shape index (κ3) is 8.21. The Balaban J connectivity index is 2.59. The number of amides is 1. The highest BCUT2D eigenvalue weighted by Gasteiger charge is 2.30. The second-order valence-electron chi connectivity index (χ2n) is 7.23. The van der Waals surface area contributed by atoms with Crippen molar-refractivity contribution in [3.05, 3.63) is 0 Å². The first-order valence-electron chi connectivity index (χ1n) is 8.61. The van der Waals surface area contributed by atoms with E-state index in [-0.39, 0.29) is 18.6 Å². The van der Waals surface area contributed by atoms with Crippen LogP contribution >= 0.6 is 0 Å². The van der Waals surface area contributed by atoms with E-state index in [1.807, 2.05) is 20.8 Å². The van der Waals surface area contributed by atoms with Gasteiger partial charge in [0, 0.05) is 19.1 Å². The maximum atomic E-state index is 12.0. The molecule has 0 aliphatic carbocycles. The van der Waals surface area contributed by atoms with E-state index in [0.29, 0.717) is 19.1 Å². The van der Waals surface area contributed by atoms with Gasteiger partial charge in [-0.3, -0.25) is 9.69 Å². The Morgan fingerprint density at radius 3 is 2.48 bits per heavy atom. The van der Waals surface area contributed by atoms with Gasteiger partial charge >= 0.3 is 12.1 Å². The molecular formula is C17H32N2O4. The lowest BCUT2D eigenvalue weighted by molar-refractivity contribution is -0.145. The molecule has 1 fully saturated rings. The van der Waals surface area contributed by atoms with E-state index in [0.717, 1.165) is 25.8 Å². The highest BCUT2D eigenvalue weighted by Crippen LogP contribution is 2.21. The molecule has 1 rings (SSSR count). The van der Waals surface area contributed by atoms with Crippen molar-refractivity contribution in [1.29, 1.82) is 0 Å². The molecule has 0 aromatic heterocycles. The average Bonchev–Trinajstić information content (AvgIpc) is 2.36. The second kappa shape index (κ2) is 9.11. The third-order valence-corrected chi connectivity index (χ3v) is 3.69. The number of alkyl carbamates (subject to hydrolysis) is 1. The topological polar surface area (TPSA) is 67.9 Å². The molecule has 0 spiro atoms. The fourth-order valence-electron chi connectivity index (χ4n) is 3.02. The quantitative estimate of drug-likeness (QED) is 0.759. The maximum Gasteiger partial charge on any atom is 0.407 e. The Morgan fingerprint density at radius 1 is 1.22 bits per heavy atom. The predicted molar refractivity (Wildman–Crippen MR) is 89.2 cm³/mol. The van der Waals surface area contributed by atoms with E-state index in [1.54, 1.807) is 6.92 Å². The Hall–Kier alpha value is -1.30. The number of nitrogens with one attached hydrogen (secondary N) is 1. The van der Waals surface area contributed by atoms with Gasteiger partial charge in [0.05, 0.1) is 13.2 Å². The van der Waals surface area contributed by atoms with E-state index in [4.69, 9.17) is 9.47 Å². The Labute approximate surface area is 139 Å². The number of hydrogen-bond donors (Lipinski definition) is 1. The molecule has 0 aromatic rings. The lowest BCUT2D eigenvalue weighted by Crippen LogP contribution is -2.52.